The highest BCUT2D eigenvalue weighted by Gasteiger charge is 2.31. The molecule has 0 amide bonds. The van der Waals surface area contributed by atoms with Crippen LogP contribution >= 0.6 is 0 Å². The molecule has 0 aliphatic carbocycles. The highest BCUT2D eigenvalue weighted by Crippen LogP contribution is 2.29. The van der Waals surface area contributed by atoms with Gasteiger partial charge in [0.05, 0.1) is 0 Å². The van der Waals surface area contributed by atoms with E-state index in [2.05, 4.69) is 10.7 Å². The zero-order chi connectivity index (χ0) is 15.5. The quantitative estimate of drug-likeness (QED) is 0.738. The normalized spacial score (nSPS) is 11.0. The second kappa shape index (κ2) is 5.92. The summed E-state index contributed by atoms with van der Waals surface area (Å²) in [5, 5.41) is 0. The van der Waals surface area contributed by atoms with Crippen LogP contribution in [-0.4, -0.2) is 6.36 Å². The minimum absolute atomic E-state index is 0.312. The Balaban J connectivity index is 2.42. The lowest BCUT2D eigenvalue weighted by atomic mass is 10.0. The summed E-state index contributed by atoms with van der Waals surface area (Å²) in [6.07, 6.45) is 1.44. The number of benzene rings is 2. The number of hydrogen-bond donors (Lipinski definition) is 0. The number of ether oxygens (including phenoxy) is 1. The van der Waals surface area contributed by atoms with E-state index in [1.165, 1.54) is 12.1 Å². The van der Waals surface area contributed by atoms with Crippen LogP contribution in [0.1, 0.15) is 18.1 Å². The van der Waals surface area contributed by atoms with Gasteiger partial charge in [0, 0.05) is 5.56 Å². The van der Waals surface area contributed by atoms with Crippen LogP contribution in [0.25, 0.3) is 11.1 Å². The van der Waals surface area contributed by atoms with Gasteiger partial charge in [-0.15, -0.1) is 19.6 Å². The molecule has 2 aromatic rings. The average molecular weight is 290 g/mol. The van der Waals surface area contributed by atoms with E-state index in [1.54, 1.807) is 6.07 Å². The molecule has 0 saturated carbocycles. The third-order valence-corrected chi connectivity index (χ3v) is 3.00. The molecule has 0 saturated heterocycles. The SMILES string of the molecule is C#Cc1cc(OC(F)(F)F)cc(-c2ccc(CC)cc2)c1. The monoisotopic (exact) mass is 290 g/mol. The summed E-state index contributed by atoms with van der Waals surface area (Å²) in [6, 6.07) is 11.7. The Morgan fingerprint density at radius 2 is 1.71 bits per heavy atom. The molecule has 0 radical (unpaired) electrons. The minimum Gasteiger partial charge on any atom is -0.406 e. The van der Waals surface area contributed by atoms with E-state index in [-0.39, 0.29) is 5.75 Å². The first-order valence-electron chi connectivity index (χ1n) is 6.38. The van der Waals surface area contributed by atoms with Gasteiger partial charge in [-0.25, -0.2) is 0 Å². The van der Waals surface area contributed by atoms with Crippen LogP contribution in [0.2, 0.25) is 0 Å². The first-order chi connectivity index (χ1) is 9.91. The lowest BCUT2D eigenvalue weighted by Crippen LogP contribution is -2.17. The number of rotatable bonds is 3. The molecule has 2 aromatic carbocycles. The van der Waals surface area contributed by atoms with E-state index in [1.807, 2.05) is 31.2 Å². The Morgan fingerprint density at radius 1 is 1.05 bits per heavy atom. The fraction of sp³-hybridized carbons (Fsp3) is 0.176. The van der Waals surface area contributed by atoms with Gasteiger partial charge in [-0.05, 0) is 41.3 Å². The highest BCUT2D eigenvalue weighted by atomic mass is 19.4. The molecular formula is C17H13F3O. The molecule has 0 aliphatic heterocycles. The summed E-state index contributed by atoms with van der Waals surface area (Å²) in [5.74, 6) is 2.03. The third kappa shape index (κ3) is 4.03. The van der Waals surface area contributed by atoms with Gasteiger partial charge in [0.15, 0.2) is 0 Å². The predicted octanol–water partition coefficient (Wildman–Crippen LogP) is 4.80. The maximum atomic E-state index is 12.3. The fourth-order valence-electron chi connectivity index (χ4n) is 1.97. The van der Waals surface area contributed by atoms with Gasteiger partial charge in [-0.3, -0.25) is 0 Å². The molecule has 108 valence electrons. The summed E-state index contributed by atoms with van der Waals surface area (Å²) >= 11 is 0. The van der Waals surface area contributed by atoms with E-state index >= 15 is 0 Å². The summed E-state index contributed by atoms with van der Waals surface area (Å²) in [6.45, 7) is 2.03. The van der Waals surface area contributed by atoms with Crippen LogP contribution in [0.5, 0.6) is 5.75 Å². The summed E-state index contributed by atoms with van der Waals surface area (Å²) in [4.78, 5) is 0. The van der Waals surface area contributed by atoms with Crippen molar-refractivity contribution >= 4 is 0 Å². The van der Waals surface area contributed by atoms with Crippen molar-refractivity contribution in [2.45, 2.75) is 19.7 Å². The smallest absolute Gasteiger partial charge is 0.406 e. The van der Waals surface area contributed by atoms with Crippen LogP contribution in [0, 0.1) is 12.3 Å². The Hall–Kier alpha value is -2.41. The van der Waals surface area contributed by atoms with Crippen LogP contribution in [0.15, 0.2) is 42.5 Å². The molecule has 0 fully saturated rings. The van der Waals surface area contributed by atoms with Gasteiger partial charge in [0.25, 0.3) is 0 Å². The number of aryl methyl sites for hydroxylation is 1. The highest BCUT2D eigenvalue weighted by molar-refractivity contribution is 5.67. The van der Waals surface area contributed by atoms with E-state index in [0.717, 1.165) is 17.5 Å². The van der Waals surface area contributed by atoms with E-state index < -0.39 is 6.36 Å². The molecule has 0 heterocycles. The molecule has 0 unspecified atom stereocenters. The second-order valence-corrected chi connectivity index (χ2v) is 4.49. The minimum atomic E-state index is -4.74. The summed E-state index contributed by atoms with van der Waals surface area (Å²) in [5.41, 5.74) is 2.87. The third-order valence-electron chi connectivity index (χ3n) is 3.00. The number of halogens is 3. The van der Waals surface area contributed by atoms with Gasteiger partial charge in [0.1, 0.15) is 5.75 Å². The molecule has 21 heavy (non-hydrogen) atoms. The maximum absolute atomic E-state index is 12.3. The van der Waals surface area contributed by atoms with E-state index in [4.69, 9.17) is 6.42 Å². The standard InChI is InChI=1S/C17H13F3O/c1-3-12-5-7-14(8-6-12)15-9-13(4-2)10-16(11-15)21-17(18,19)20/h2,5-11H,3H2,1H3. The van der Waals surface area contributed by atoms with Crippen LogP contribution in [-0.2, 0) is 6.42 Å². The Morgan fingerprint density at radius 3 is 2.24 bits per heavy atom. The van der Waals surface area contributed by atoms with Gasteiger partial charge >= 0.3 is 6.36 Å². The first kappa shape index (κ1) is 15.0. The predicted molar refractivity (Wildman–Crippen MR) is 75.9 cm³/mol. The van der Waals surface area contributed by atoms with Gasteiger partial charge in [-0.2, -0.15) is 0 Å². The lowest BCUT2D eigenvalue weighted by Gasteiger charge is -2.11. The molecule has 0 aromatic heterocycles. The van der Waals surface area contributed by atoms with Crippen LogP contribution in [0.4, 0.5) is 13.2 Å². The molecule has 0 N–H and O–H groups in total. The van der Waals surface area contributed by atoms with Crippen molar-refractivity contribution in [2.24, 2.45) is 0 Å². The fourth-order valence-corrected chi connectivity index (χ4v) is 1.97. The molecule has 0 bridgehead atoms. The van der Waals surface area contributed by atoms with Gasteiger partial charge in [0.2, 0.25) is 0 Å². The van der Waals surface area contributed by atoms with Crippen molar-refractivity contribution in [3.8, 4) is 29.2 Å². The van der Waals surface area contributed by atoms with Crippen LogP contribution < -0.4 is 4.74 Å². The van der Waals surface area contributed by atoms with Crippen LogP contribution in [0.3, 0.4) is 0 Å². The lowest BCUT2D eigenvalue weighted by molar-refractivity contribution is -0.274. The molecule has 1 nitrogen and oxygen atoms in total. The molecule has 0 spiro atoms. The van der Waals surface area contributed by atoms with E-state index in [0.29, 0.717) is 11.1 Å². The van der Waals surface area contributed by atoms with Crippen molar-refractivity contribution in [3.05, 3.63) is 53.6 Å². The Kier molecular flexibility index (Phi) is 4.23. The number of alkyl halides is 3. The molecule has 4 heteroatoms. The summed E-state index contributed by atoms with van der Waals surface area (Å²) < 4.78 is 41.0. The van der Waals surface area contributed by atoms with Crippen molar-refractivity contribution in [1.29, 1.82) is 0 Å². The number of terminal acetylenes is 1. The van der Waals surface area contributed by atoms with Crippen molar-refractivity contribution in [3.63, 3.8) is 0 Å². The van der Waals surface area contributed by atoms with Crippen molar-refractivity contribution in [1.82, 2.24) is 0 Å². The van der Waals surface area contributed by atoms with Crippen molar-refractivity contribution in [2.75, 3.05) is 0 Å². The maximum Gasteiger partial charge on any atom is 0.573 e. The Labute approximate surface area is 121 Å². The zero-order valence-corrected chi connectivity index (χ0v) is 11.4. The molecule has 0 atom stereocenters. The van der Waals surface area contributed by atoms with Gasteiger partial charge < -0.3 is 4.74 Å². The number of hydrogen-bond acceptors (Lipinski definition) is 1. The average Bonchev–Trinajstić information content (AvgIpc) is 2.45. The van der Waals surface area contributed by atoms with Crippen molar-refractivity contribution < 1.29 is 17.9 Å². The largest absolute Gasteiger partial charge is 0.573 e. The Bertz CT molecular complexity index is 664. The first-order valence-corrected chi connectivity index (χ1v) is 6.38. The molecule has 0 aliphatic rings. The van der Waals surface area contributed by atoms with Gasteiger partial charge in [-0.1, -0.05) is 37.1 Å². The molecular weight excluding hydrogens is 277 g/mol. The second-order valence-electron chi connectivity index (χ2n) is 4.49. The molecule has 2 rings (SSSR count). The van der Waals surface area contributed by atoms with E-state index in [9.17, 15) is 13.2 Å². The zero-order valence-electron chi connectivity index (χ0n) is 11.4. The topological polar surface area (TPSA) is 9.23 Å². The summed E-state index contributed by atoms with van der Waals surface area (Å²) in [7, 11) is 0.